The largest absolute Gasteiger partial charge is 0.465 e. The van der Waals surface area contributed by atoms with Gasteiger partial charge in [-0.2, -0.15) is 8.42 Å². The number of benzene rings is 1. The highest BCUT2D eigenvalue weighted by atomic mass is 32.3. The van der Waals surface area contributed by atoms with Gasteiger partial charge in [-0.25, -0.2) is 4.79 Å². The molecule has 0 N–H and O–H groups in total. The molecule has 0 fully saturated rings. The molecule has 0 atom stereocenters. The third-order valence-electron chi connectivity index (χ3n) is 2.35. The van der Waals surface area contributed by atoms with Crippen molar-refractivity contribution in [3.05, 3.63) is 36.0 Å². The normalized spacial score (nSPS) is 11.4. The van der Waals surface area contributed by atoms with Crippen LogP contribution >= 0.6 is 0 Å². The van der Waals surface area contributed by atoms with Crippen molar-refractivity contribution in [3.63, 3.8) is 0 Å². The maximum atomic E-state index is 13.2. The summed E-state index contributed by atoms with van der Waals surface area (Å²) in [5.74, 6) is -0.745. The van der Waals surface area contributed by atoms with Gasteiger partial charge in [0.25, 0.3) is 0 Å². The van der Waals surface area contributed by atoms with E-state index >= 15 is 0 Å². The highest BCUT2D eigenvalue weighted by molar-refractivity contribution is 7.86. The minimum absolute atomic E-state index is 0.0207. The molecule has 0 aliphatic heterocycles. The van der Waals surface area contributed by atoms with E-state index < -0.39 is 21.1 Å². The first-order chi connectivity index (χ1) is 8.43. The molecule has 94 valence electrons. The Balaban J connectivity index is 2.85. The predicted octanol–water partition coefficient (Wildman–Crippen LogP) is 1.68. The zero-order valence-electron chi connectivity index (χ0n) is 9.25. The number of esters is 1. The van der Waals surface area contributed by atoms with Crippen LogP contribution < -0.4 is 0 Å². The standard InChI is InChI=1S/C11H8FNO4S/c1-17-11(14)8-5-7-3-2-4-13-10(7)9(6-8)18(12,15)16/h2-6H,1H3. The number of pyridine rings is 1. The molecule has 1 aromatic carbocycles. The third kappa shape index (κ3) is 2.17. The second-order valence-electron chi connectivity index (χ2n) is 3.48. The third-order valence-corrected chi connectivity index (χ3v) is 3.19. The van der Waals surface area contributed by atoms with Crippen LogP contribution in [0.15, 0.2) is 35.4 Å². The van der Waals surface area contributed by atoms with E-state index in [2.05, 4.69) is 9.72 Å². The van der Waals surface area contributed by atoms with Gasteiger partial charge < -0.3 is 4.74 Å². The van der Waals surface area contributed by atoms with E-state index in [-0.39, 0.29) is 11.1 Å². The van der Waals surface area contributed by atoms with Crippen LogP contribution in [-0.4, -0.2) is 26.5 Å². The summed E-state index contributed by atoms with van der Waals surface area (Å²) in [6.45, 7) is 0. The Morgan fingerprint density at radius 2 is 2.11 bits per heavy atom. The maximum Gasteiger partial charge on any atom is 0.337 e. The lowest BCUT2D eigenvalue weighted by atomic mass is 10.1. The first-order valence-electron chi connectivity index (χ1n) is 4.85. The van der Waals surface area contributed by atoms with E-state index in [0.717, 1.165) is 13.2 Å². The van der Waals surface area contributed by atoms with Crippen LogP contribution in [-0.2, 0) is 15.0 Å². The number of carbonyl (C=O) groups is 1. The fraction of sp³-hybridized carbons (Fsp3) is 0.0909. The van der Waals surface area contributed by atoms with Crippen molar-refractivity contribution in [1.29, 1.82) is 0 Å². The molecule has 0 radical (unpaired) electrons. The van der Waals surface area contributed by atoms with Gasteiger partial charge in [-0.05, 0) is 18.2 Å². The van der Waals surface area contributed by atoms with Gasteiger partial charge in [0.1, 0.15) is 4.90 Å². The molecule has 0 unspecified atom stereocenters. The molecule has 0 aliphatic rings. The fourth-order valence-electron chi connectivity index (χ4n) is 1.58. The van der Waals surface area contributed by atoms with Crippen LogP contribution in [0.4, 0.5) is 3.89 Å². The summed E-state index contributed by atoms with van der Waals surface area (Å²) < 4.78 is 39.8. The van der Waals surface area contributed by atoms with E-state index in [4.69, 9.17) is 0 Å². The number of carbonyl (C=O) groups excluding carboxylic acids is 1. The number of hydrogen-bond acceptors (Lipinski definition) is 5. The molecule has 2 rings (SSSR count). The first-order valence-corrected chi connectivity index (χ1v) is 6.23. The second-order valence-corrected chi connectivity index (χ2v) is 4.79. The molecule has 0 aliphatic carbocycles. The summed E-state index contributed by atoms with van der Waals surface area (Å²) in [5.41, 5.74) is -0.0677. The lowest BCUT2D eigenvalue weighted by Crippen LogP contribution is -2.04. The van der Waals surface area contributed by atoms with Gasteiger partial charge >= 0.3 is 16.2 Å². The van der Waals surface area contributed by atoms with Crippen molar-refractivity contribution >= 4 is 27.1 Å². The first kappa shape index (κ1) is 12.4. The Labute approximate surface area is 102 Å². The number of aromatic nitrogens is 1. The molecular weight excluding hydrogens is 261 g/mol. The Hall–Kier alpha value is -2.02. The molecule has 2 aromatic rings. The highest BCUT2D eigenvalue weighted by Gasteiger charge is 2.20. The molecule has 1 aromatic heterocycles. The van der Waals surface area contributed by atoms with Crippen molar-refractivity contribution in [2.45, 2.75) is 4.90 Å². The van der Waals surface area contributed by atoms with Crippen LogP contribution in [0.5, 0.6) is 0 Å². The zero-order valence-corrected chi connectivity index (χ0v) is 10.1. The molecule has 7 heteroatoms. The number of hydrogen-bond donors (Lipinski definition) is 0. The molecule has 18 heavy (non-hydrogen) atoms. The van der Waals surface area contributed by atoms with Gasteiger partial charge in [0.05, 0.1) is 18.2 Å². The lowest BCUT2D eigenvalue weighted by Gasteiger charge is -2.05. The van der Waals surface area contributed by atoms with E-state index in [0.29, 0.717) is 5.39 Å². The van der Waals surface area contributed by atoms with Crippen molar-refractivity contribution in [3.8, 4) is 0 Å². The average molecular weight is 269 g/mol. The van der Waals surface area contributed by atoms with Crippen molar-refractivity contribution < 1.29 is 21.8 Å². The second kappa shape index (κ2) is 4.34. The van der Waals surface area contributed by atoms with Crippen LogP contribution in [0.25, 0.3) is 10.9 Å². The van der Waals surface area contributed by atoms with Crippen LogP contribution in [0.3, 0.4) is 0 Å². The number of nitrogens with zero attached hydrogens (tertiary/aromatic N) is 1. The van der Waals surface area contributed by atoms with Crippen LogP contribution in [0.2, 0.25) is 0 Å². The molecule has 0 spiro atoms. The van der Waals surface area contributed by atoms with Gasteiger partial charge in [0.2, 0.25) is 0 Å². The summed E-state index contributed by atoms with van der Waals surface area (Å²) in [5, 5.41) is 0.344. The monoisotopic (exact) mass is 269 g/mol. The van der Waals surface area contributed by atoms with Gasteiger partial charge in [-0.1, -0.05) is 6.07 Å². The minimum atomic E-state index is -4.96. The number of fused-ring (bicyclic) bond motifs is 1. The minimum Gasteiger partial charge on any atom is -0.465 e. The Bertz CT molecular complexity index is 727. The number of halogens is 1. The Morgan fingerprint density at radius 3 is 2.72 bits per heavy atom. The molecular formula is C11H8FNO4S. The summed E-state index contributed by atoms with van der Waals surface area (Å²) in [4.78, 5) is 14.5. The smallest absolute Gasteiger partial charge is 0.337 e. The number of methoxy groups -OCH3 is 1. The maximum absolute atomic E-state index is 13.2. The molecule has 1 heterocycles. The zero-order chi connectivity index (χ0) is 13.3. The van der Waals surface area contributed by atoms with Crippen LogP contribution in [0, 0.1) is 0 Å². The molecule has 0 saturated heterocycles. The van der Waals surface area contributed by atoms with Gasteiger partial charge in [-0.3, -0.25) is 4.98 Å². The van der Waals surface area contributed by atoms with E-state index in [9.17, 15) is 17.1 Å². The van der Waals surface area contributed by atoms with Gasteiger partial charge in [0, 0.05) is 11.6 Å². The number of ether oxygens (including phenoxy) is 1. The fourth-order valence-corrected chi connectivity index (χ4v) is 2.25. The van der Waals surface area contributed by atoms with Gasteiger partial charge in [-0.15, -0.1) is 3.89 Å². The molecule has 0 saturated carbocycles. The summed E-state index contributed by atoms with van der Waals surface area (Å²) in [7, 11) is -3.81. The van der Waals surface area contributed by atoms with Gasteiger partial charge in [0.15, 0.2) is 0 Å². The van der Waals surface area contributed by atoms with Crippen molar-refractivity contribution in [2.75, 3.05) is 7.11 Å². The van der Waals surface area contributed by atoms with Crippen molar-refractivity contribution in [2.24, 2.45) is 0 Å². The quantitative estimate of drug-likeness (QED) is 0.612. The van der Waals surface area contributed by atoms with E-state index in [1.54, 1.807) is 6.07 Å². The van der Waals surface area contributed by atoms with E-state index in [1.165, 1.54) is 18.3 Å². The van der Waals surface area contributed by atoms with Crippen molar-refractivity contribution in [1.82, 2.24) is 4.98 Å². The topological polar surface area (TPSA) is 73.3 Å². The molecule has 0 bridgehead atoms. The van der Waals surface area contributed by atoms with Crippen LogP contribution in [0.1, 0.15) is 10.4 Å². The Morgan fingerprint density at radius 1 is 1.39 bits per heavy atom. The highest BCUT2D eigenvalue weighted by Crippen LogP contribution is 2.25. The Kier molecular flexibility index (Phi) is 3.00. The SMILES string of the molecule is COC(=O)c1cc(S(=O)(=O)F)c2ncccc2c1. The number of rotatable bonds is 2. The summed E-state index contributed by atoms with van der Waals surface area (Å²) in [6, 6.07) is 5.39. The molecule has 0 amide bonds. The average Bonchev–Trinajstić information content (AvgIpc) is 2.35. The predicted molar refractivity (Wildman–Crippen MR) is 61.4 cm³/mol. The summed E-state index contributed by atoms with van der Waals surface area (Å²) >= 11 is 0. The lowest BCUT2D eigenvalue weighted by molar-refractivity contribution is 0.0600. The molecule has 5 nitrogen and oxygen atoms in total. The summed E-state index contributed by atoms with van der Waals surface area (Å²) in [6.07, 6.45) is 1.34. The van der Waals surface area contributed by atoms with E-state index in [1.807, 2.05) is 0 Å².